The van der Waals surface area contributed by atoms with Crippen LogP contribution in [0, 0.1) is 0 Å². The van der Waals surface area contributed by atoms with Crippen molar-refractivity contribution >= 4 is 27.3 Å². The van der Waals surface area contributed by atoms with Gasteiger partial charge in [-0.1, -0.05) is 0 Å². The number of hydrogen-bond donors (Lipinski definition) is 2. The van der Waals surface area contributed by atoms with Gasteiger partial charge in [0, 0.05) is 44.1 Å². The molecule has 25 heavy (non-hydrogen) atoms. The Morgan fingerprint density at radius 2 is 2.16 bits per heavy atom. The number of nitrogens with zero attached hydrogens (tertiary/aromatic N) is 3. The minimum absolute atomic E-state index is 0.188. The number of primary sulfonamides is 1. The zero-order valence-corrected chi connectivity index (χ0v) is 16.0. The van der Waals surface area contributed by atoms with Crippen molar-refractivity contribution in [3.05, 3.63) is 17.0 Å². The first kappa shape index (κ1) is 18.6. The smallest absolute Gasteiger partial charge is 0.247 e. The summed E-state index contributed by atoms with van der Waals surface area (Å²) in [6.45, 7) is 6.07. The lowest BCUT2D eigenvalue weighted by molar-refractivity contribution is 0.0195. The number of hydrogen-bond acceptors (Lipinski definition) is 6. The van der Waals surface area contributed by atoms with Gasteiger partial charge in [0.05, 0.1) is 19.8 Å². The highest BCUT2D eigenvalue weighted by atomic mass is 32.2. The maximum atomic E-state index is 11.4. The van der Waals surface area contributed by atoms with E-state index in [2.05, 4.69) is 20.1 Å². The summed E-state index contributed by atoms with van der Waals surface area (Å²) in [7, 11) is -1.85. The summed E-state index contributed by atoms with van der Waals surface area (Å²) in [6.07, 6.45) is 1.12. The van der Waals surface area contributed by atoms with Crippen molar-refractivity contribution in [2.75, 3.05) is 46.4 Å². The Balaban J connectivity index is 1.54. The van der Waals surface area contributed by atoms with Gasteiger partial charge in [-0.25, -0.2) is 13.6 Å². The van der Waals surface area contributed by atoms with Gasteiger partial charge in [0.15, 0.2) is 5.96 Å². The van der Waals surface area contributed by atoms with Gasteiger partial charge in [-0.2, -0.15) is 0 Å². The Labute approximate surface area is 152 Å². The average Bonchev–Trinajstić information content (AvgIpc) is 3.25. The Morgan fingerprint density at radius 3 is 2.80 bits per heavy atom. The van der Waals surface area contributed by atoms with Crippen molar-refractivity contribution in [2.24, 2.45) is 10.1 Å². The lowest BCUT2D eigenvalue weighted by Gasteiger charge is -2.32. The van der Waals surface area contributed by atoms with Gasteiger partial charge >= 0.3 is 0 Å². The fourth-order valence-corrected chi connectivity index (χ4v) is 5.00. The van der Waals surface area contributed by atoms with E-state index in [-0.39, 0.29) is 4.21 Å². The van der Waals surface area contributed by atoms with Crippen molar-refractivity contribution in [1.82, 2.24) is 15.1 Å². The molecule has 0 bridgehead atoms. The standard InChI is InChI=1S/C15H25N5O3S2/c1-17-15(18-10-13-2-3-14(24-13)25(16,21)22)20-5-4-12(11-20)19-6-8-23-9-7-19/h2-3,12H,4-11H2,1H3,(H,17,18)(H2,16,21,22). The number of sulfonamides is 1. The summed E-state index contributed by atoms with van der Waals surface area (Å²) in [5, 5.41) is 8.48. The molecule has 1 atom stereocenters. The molecule has 140 valence electrons. The first-order chi connectivity index (χ1) is 12.0. The molecule has 8 nitrogen and oxygen atoms in total. The fourth-order valence-electron chi connectivity index (χ4n) is 3.28. The van der Waals surface area contributed by atoms with Gasteiger partial charge in [-0.05, 0) is 18.6 Å². The van der Waals surface area contributed by atoms with E-state index in [0.717, 1.165) is 56.7 Å². The van der Waals surface area contributed by atoms with E-state index >= 15 is 0 Å². The minimum Gasteiger partial charge on any atom is -0.379 e. The lowest BCUT2D eigenvalue weighted by Crippen LogP contribution is -2.46. The van der Waals surface area contributed by atoms with E-state index in [1.54, 1.807) is 19.2 Å². The van der Waals surface area contributed by atoms with E-state index in [0.29, 0.717) is 12.6 Å². The van der Waals surface area contributed by atoms with Crippen LogP contribution in [-0.2, 0) is 21.3 Å². The zero-order chi connectivity index (χ0) is 17.9. The molecule has 1 unspecified atom stereocenters. The summed E-state index contributed by atoms with van der Waals surface area (Å²) in [4.78, 5) is 10.0. The van der Waals surface area contributed by atoms with Crippen molar-refractivity contribution in [3.8, 4) is 0 Å². The van der Waals surface area contributed by atoms with Crippen LogP contribution < -0.4 is 10.5 Å². The van der Waals surface area contributed by atoms with Crippen LogP contribution >= 0.6 is 11.3 Å². The molecule has 2 aliphatic heterocycles. The van der Waals surface area contributed by atoms with Crippen LogP contribution in [0.1, 0.15) is 11.3 Å². The molecular weight excluding hydrogens is 362 g/mol. The van der Waals surface area contributed by atoms with Gasteiger partial charge in [0.2, 0.25) is 10.0 Å². The molecule has 2 aliphatic rings. The number of thiophene rings is 1. The molecule has 1 aromatic rings. The van der Waals surface area contributed by atoms with E-state index in [1.165, 1.54) is 11.3 Å². The van der Waals surface area contributed by atoms with Crippen molar-refractivity contribution in [2.45, 2.75) is 23.2 Å². The summed E-state index contributed by atoms with van der Waals surface area (Å²) < 4.78 is 28.3. The second-order valence-corrected chi connectivity index (χ2v) is 9.16. The molecule has 3 rings (SSSR count). The van der Waals surface area contributed by atoms with Crippen LogP contribution in [0.4, 0.5) is 0 Å². The molecule has 0 radical (unpaired) electrons. The molecule has 1 aromatic heterocycles. The summed E-state index contributed by atoms with van der Waals surface area (Å²) in [5.74, 6) is 0.848. The zero-order valence-electron chi connectivity index (χ0n) is 14.3. The molecule has 3 N–H and O–H groups in total. The number of morpholine rings is 1. The van der Waals surface area contributed by atoms with Gasteiger partial charge in [0.1, 0.15) is 4.21 Å². The SMILES string of the molecule is CN=C(NCc1ccc(S(N)(=O)=O)s1)N1CCC(N2CCOCC2)C1. The second-order valence-electron chi connectivity index (χ2n) is 6.20. The van der Waals surface area contributed by atoms with Gasteiger partial charge in [-0.3, -0.25) is 9.89 Å². The Morgan fingerprint density at radius 1 is 1.40 bits per heavy atom. The van der Waals surface area contributed by atoms with E-state index in [9.17, 15) is 8.42 Å². The van der Waals surface area contributed by atoms with Crippen LogP contribution in [0.15, 0.2) is 21.3 Å². The van der Waals surface area contributed by atoms with Crippen molar-refractivity contribution < 1.29 is 13.2 Å². The molecule has 10 heteroatoms. The highest BCUT2D eigenvalue weighted by Crippen LogP contribution is 2.21. The van der Waals surface area contributed by atoms with E-state index in [4.69, 9.17) is 9.88 Å². The van der Waals surface area contributed by atoms with Crippen LogP contribution in [0.3, 0.4) is 0 Å². The number of nitrogens with two attached hydrogens (primary N) is 1. The monoisotopic (exact) mass is 387 g/mol. The van der Waals surface area contributed by atoms with E-state index in [1.807, 2.05) is 0 Å². The molecule has 2 fully saturated rings. The Kier molecular flexibility index (Phi) is 5.95. The maximum Gasteiger partial charge on any atom is 0.247 e. The van der Waals surface area contributed by atoms with Crippen molar-refractivity contribution in [1.29, 1.82) is 0 Å². The Bertz CT molecular complexity index is 713. The second kappa shape index (κ2) is 8.00. The number of rotatable bonds is 4. The molecule has 0 aliphatic carbocycles. The lowest BCUT2D eigenvalue weighted by atomic mass is 10.2. The fraction of sp³-hybridized carbons (Fsp3) is 0.667. The molecule has 0 spiro atoms. The third kappa shape index (κ3) is 4.70. The summed E-state index contributed by atoms with van der Waals surface area (Å²) in [5.41, 5.74) is 0. The maximum absolute atomic E-state index is 11.4. The largest absolute Gasteiger partial charge is 0.379 e. The highest BCUT2D eigenvalue weighted by Gasteiger charge is 2.30. The number of aliphatic imine (C=N–C) groups is 1. The molecule has 0 amide bonds. The van der Waals surface area contributed by atoms with Crippen LogP contribution in [0.25, 0.3) is 0 Å². The molecule has 0 aromatic carbocycles. The van der Waals surface area contributed by atoms with Crippen LogP contribution in [0.2, 0.25) is 0 Å². The predicted octanol–water partition coefficient (Wildman–Crippen LogP) is -0.123. The summed E-state index contributed by atoms with van der Waals surface area (Å²) in [6, 6.07) is 3.87. The average molecular weight is 388 g/mol. The number of nitrogens with one attached hydrogen (secondary N) is 1. The normalized spacial score (nSPS) is 23.2. The molecule has 2 saturated heterocycles. The molecule has 0 saturated carbocycles. The molecule has 3 heterocycles. The predicted molar refractivity (Wildman–Crippen MR) is 98.3 cm³/mol. The number of likely N-dealkylation sites (tertiary alicyclic amines) is 1. The van der Waals surface area contributed by atoms with E-state index < -0.39 is 10.0 Å². The third-order valence-electron chi connectivity index (χ3n) is 4.57. The minimum atomic E-state index is -3.63. The van der Waals surface area contributed by atoms with Gasteiger partial charge in [-0.15, -0.1) is 11.3 Å². The van der Waals surface area contributed by atoms with Gasteiger partial charge in [0.25, 0.3) is 0 Å². The number of ether oxygens (including phenoxy) is 1. The number of guanidine groups is 1. The third-order valence-corrected chi connectivity index (χ3v) is 7.10. The molecular formula is C15H25N5O3S2. The topological polar surface area (TPSA) is 100 Å². The quantitative estimate of drug-likeness (QED) is 0.552. The van der Waals surface area contributed by atoms with Crippen LogP contribution in [-0.4, -0.2) is 76.7 Å². The first-order valence-electron chi connectivity index (χ1n) is 8.36. The highest BCUT2D eigenvalue weighted by molar-refractivity contribution is 7.91. The van der Waals surface area contributed by atoms with Crippen molar-refractivity contribution in [3.63, 3.8) is 0 Å². The first-order valence-corrected chi connectivity index (χ1v) is 10.7. The van der Waals surface area contributed by atoms with Gasteiger partial charge < -0.3 is 15.0 Å². The summed E-state index contributed by atoms with van der Waals surface area (Å²) >= 11 is 1.19. The Hall–Kier alpha value is -1.20. The van der Waals surface area contributed by atoms with Crippen LogP contribution in [0.5, 0.6) is 0 Å².